The Bertz CT molecular complexity index is 1290. The highest BCUT2D eigenvalue weighted by atomic mass is 16.4. The number of carboxylic acids is 1. The van der Waals surface area contributed by atoms with Gasteiger partial charge >= 0.3 is 5.97 Å². The van der Waals surface area contributed by atoms with Crippen LogP contribution in [0, 0.1) is 17.8 Å². The molecule has 1 aromatic carbocycles. The molecule has 3 N–H and O–H groups in total. The molecule has 7 atom stereocenters. The molecular formula is C30H41N5O3. The number of nitrogens with two attached hydrogens (primary N) is 1. The molecular weight excluding hydrogens is 478 g/mol. The minimum atomic E-state index is -1.32. The number of hydrogen-bond acceptors (Lipinski definition) is 6. The first-order valence-corrected chi connectivity index (χ1v) is 14.9. The molecule has 4 heterocycles. The lowest BCUT2D eigenvalue weighted by atomic mass is 9.68. The summed E-state index contributed by atoms with van der Waals surface area (Å²) in [4.78, 5) is 35.1. The molecule has 4 bridgehead atoms. The Labute approximate surface area is 224 Å². The van der Waals surface area contributed by atoms with Crippen LogP contribution < -0.4 is 16.2 Å². The molecule has 2 aromatic rings. The SMILES string of the molecule is CC1C2CC[C@H](C[C@@H]2n2c(=O)c(N3CC(N)(C(=O)O)C3)nc3ccccc32)N1[C@@H]1C[C@@H]2CCCC[C@@H](C2)C1. The molecule has 3 saturated carbocycles. The fraction of sp³-hybridized carbons (Fsp3) is 0.700. The fourth-order valence-corrected chi connectivity index (χ4v) is 9.17. The maximum absolute atomic E-state index is 14.1. The van der Waals surface area contributed by atoms with Gasteiger partial charge in [0.15, 0.2) is 5.82 Å². The van der Waals surface area contributed by atoms with Gasteiger partial charge < -0.3 is 20.3 Å². The van der Waals surface area contributed by atoms with Crippen LogP contribution in [0.5, 0.6) is 0 Å². The van der Waals surface area contributed by atoms with Gasteiger partial charge in [0.25, 0.3) is 5.56 Å². The highest BCUT2D eigenvalue weighted by Crippen LogP contribution is 2.50. The van der Waals surface area contributed by atoms with Crippen molar-refractivity contribution in [2.45, 2.75) is 101 Å². The van der Waals surface area contributed by atoms with Crippen LogP contribution in [0.1, 0.15) is 77.2 Å². The predicted molar refractivity (Wildman–Crippen MR) is 147 cm³/mol. The lowest BCUT2D eigenvalue weighted by Crippen LogP contribution is -2.72. The van der Waals surface area contributed by atoms with Crippen molar-refractivity contribution in [1.82, 2.24) is 14.5 Å². The molecule has 6 fully saturated rings. The van der Waals surface area contributed by atoms with Gasteiger partial charge in [0.1, 0.15) is 5.54 Å². The maximum Gasteiger partial charge on any atom is 0.327 e. The van der Waals surface area contributed by atoms with Crippen LogP contribution in [0.25, 0.3) is 11.0 Å². The first kappa shape index (κ1) is 24.6. The number of carbonyl (C=O) groups is 1. The molecule has 0 spiro atoms. The van der Waals surface area contributed by atoms with Gasteiger partial charge in [0.05, 0.1) is 24.1 Å². The van der Waals surface area contributed by atoms with Crippen LogP contribution in [0.2, 0.25) is 0 Å². The molecule has 8 nitrogen and oxygen atoms in total. The number of para-hydroxylation sites is 2. The highest BCUT2D eigenvalue weighted by Gasteiger charge is 2.51. The Morgan fingerprint density at radius 1 is 1.00 bits per heavy atom. The zero-order valence-corrected chi connectivity index (χ0v) is 22.5. The van der Waals surface area contributed by atoms with E-state index in [9.17, 15) is 14.7 Å². The molecule has 204 valence electrons. The van der Waals surface area contributed by atoms with E-state index in [-0.39, 0.29) is 24.7 Å². The number of anilines is 1. The third-order valence-corrected chi connectivity index (χ3v) is 10.9. The second-order valence-electron chi connectivity index (χ2n) is 13.2. The van der Waals surface area contributed by atoms with E-state index in [1.807, 2.05) is 28.8 Å². The smallest absolute Gasteiger partial charge is 0.327 e. The lowest BCUT2D eigenvalue weighted by molar-refractivity contribution is -0.144. The van der Waals surface area contributed by atoms with Crippen molar-refractivity contribution in [2.24, 2.45) is 23.5 Å². The van der Waals surface area contributed by atoms with Crippen LogP contribution in [0.15, 0.2) is 29.1 Å². The number of aromatic nitrogens is 2. The van der Waals surface area contributed by atoms with Crippen LogP contribution in [0.4, 0.5) is 5.82 Å². The van der Waals surface area contributed by atoms with Crippen LogP contribution >= 0.6 is 0 Å². The van der Waals surface area contributed by atoms with E-state index in [0.717, 1.165) is 35.7 Å². The van der Waals surface area contributed by atoms with Crippen molar-refractivity contribution in [3.8, 4) is 0 Å². The average Bonchev–Trinajstić information content (AvgIpc) is 3.06. The summed E-state index contributed by atoms with van der Waals surface area (Å²) in [5.74, 6) is 1.53. The van der Waals surface area contributed by atoms with E-state index in [0.29, 0.717) is 29.9 Å². The van der Waals surface area contributed by atoms with E-state index in [2.05, 4.69) is 11.8 Å². The molecule has 8 rings (SSSR count). The molecule has 6 aliphatic rings. The Hall–Kier alpha value is -2.45. The number of carboxylic acid groups (broad SMARTS) is 1. The molecule has 38 heavy (non-hydrogen) atoms. The quantitative estimate of drug-likeness (QED) is 0.634. The summed E-state index contributed by atoms with van der Waals surface area (Å²) in [5.41, 5.74) is 6.29. The zero-order chi connectivity index (χ0) is 26.2. The molecule has 8 heteroatoms. The van der Waals surface area contributed by atoms with Crippen molar-refractivity contribution in [3.63, 3.8) is 0 Å². The van der Waals surface area contributed by atoms with Crippen molar-refractivity contribution in [3.05, 3.63) is 34.6 Å². The van der Waals surface area contributed by atoms with Gasteiger partial charge in [-0.2, -0.15) is 0 Å². The molecule has 3 saturated heterocycles. The second kappa shape index (κ2) is 9.05. The summed E-state index contributed by atoms with van der Waals surface area (Å²) in [6.07, 6.45) is 13.2. The van der Waals surface area contributed by atoms with Gasteiger partial charge in [-0.3, -0.25) is 14.5 Å². The minimum Gasteiger partial charge on any atom is -0.480 e. The number of fused-ring (bicyclic) bond motifs is 6. The monoisotopic (exact) mass is 519 g/mol. The molecule has 3 aliphatic carbocycles. The van der Waals surface area contributed by atoms with Gasteiger partial charge in [-0.25, -0.2) is 4.98 Å². The van der Waals surface area contributed by atoms with Gasteiger partial charge in [-0.1, -0.05) is 37.8 Å². The maximum atomic E-state index is 14.1. The van der Waals surface area contributed by atoms with E-state index in [1.54, 1.807) is 4.90 Å². The number of nitrogens with zero attached hydrogens (tertiary/aromatic N) is 4. The summed E-state index contributed by atoms with van der Waals surface area (Å²) < 4.78 is 2.03. The molecule has 3 aliphatic heterocycles. The number of benzene rings is 1. The highest BCUT2D eigenvalue weighted by molar-refractivity contribution is 5.84. The Morgan fingerprint density at radius 2 is 1.71 bits per heavy atom. The summed E-state index contributed by atoms with van der Waals surface area (Å²) >= 11 is 0. The van der Waals surface area contributed by atoms with E-state index >= 15 is 0 Å². The number of piperidine rings is 2. The van der Waals surface area contributed by atoms with Crippen LogP contribution in [-0.2, 0) is 4.79 Å². The topological polar surface area (TPSA) is 105 Å². The van der Waals surface area contributed by atoms with Gasteiger partial charge in [0.2, 0.25) is 0 Å². The minimum absolute atomic E-state index is 0.101. The zero-order valence-electron chi connectivity index (χ0n) is 22.5. The molecule has 0 amide bonds. The molecule has 2 unspecified atom stereocenters. The first-order chi connectivity index (χ1) is 18.3. The van der Waals surface area contributed by atoms with E-state index < -0.39 is 11.5 Å². The number of rotatable bonds is 4. The Balaban J connectivity index is 1.22. The van der Waals surface area contributed by atoms with Gasteiger partial charge in [0, 0.05) is 24.2 Å². The summed E-state index contributed by atoms with van der Waals surface area (Å²) in [6, 6.07) is 9.71. The largest absolute Gasteiger partial charge is 0.480 e. The van der Waals surface area contributed by atoms with Crippen LogP contribution in [-0.4, -0.2) is 62.3 Å². The first-order valence-electron chi connectivity index (χ1n) is 14.9. The molecule has 1 aromatic heterocycles. The van der Waals surface area contributed by atoms with Crippen molar-refractivity contribution in [2.75, 3.05) is 18.0 Å². The third-order valence-electron chi connectivity index (χ3n) is 10.9. The Kier molecular flexibility index (Phi) is 5.85. The molecule has 0 radical (unpaired) electrons. The predicted octanol–water partition coefficient (Wildman–Crippen LogP) is 3.77. The van der Waals surface area contributed by atoms with Gasteiger partial charge in [-0.05, 0) is 75.3 Å². The van der Waals surface area contributed by atoms with Crippen molar-refractivity contribution in [1.29, 1.82) is 0 Å². The number of aliphatic carboxylic acids is 1. The summed E-state index contributed by atoms with van der Waals surface area (Å²) in [7, 11) is 0. The lowest BCUT2D eigenvalue weighted by Gasteiger charge is -2.58. The van der Waals surface area contributed by atoms with E-state index in [1.165, 1.54) is 51.4 Å². The summed E-state index contributed by atoms with van der Waals surface area (Å²) in [5, 5.41) is 9.50. The number of hydrogen-bond donors (Lipinski definition) is 2. The van der Waals surface area contributed by atoms with Crippen molar-refractivity contribution < 1.29 is 9.90 Å². The summed E-state index contributed by atoms with van der Waals surface area (Å²) in [6.45, 7) is 2.63. The normalized spacial score (nSPS) is 36.6. The fourth-order valence-electron chi connectivity index (χ4n) is 9.17. The Morgan fingerprint density at radius 3 is 2.39 bits per heavy atom. The van der Waals surface area contributed by atoms with Crippen LogP contribution in [0.3, 0.4) is 0 Å². The average molecular weight is 520 g/mol. The standard InChI is InChI=1S/C30H41N5O3/c1-18-23-11-10-21(34(18)22-13-19-6-2-3-7-20(12-19)14-22)15-26(23)35-25-9-5-4-8-24(25)32-27(28(35)36)33-16-30(31,17-33)29(37)38/h4-5,8-9,18-23,26H,2-3,6-7,10-17,31H2,1H3,(H,37,38)/t18?,19-,20+,21-,22-,23?,26+/m1/s1. The van der Waals surface area contributed by atoms with Crippen molar-refractivity contribution >= 4 is 22.8 Å². The third kappa shape index (κ3) is 3.81. The van der Waals surface area contributed by atoms with Gasteiger partial charge in [-0.15, -0.1) is 0 Å². The van der Waals surface area contributed by atoms with E-state index in [4.69, 9.17) is 10.7 Å². The second-order valence-corrected chi connectivity index (χ2v) is 13.2.